The average Bonchev–Trinajstić information content (AvgIpc) is 2.97. The molecule has 5 heteroatoms. The summed E-state index contributed by atoms with van der Waals surface area (Å²) in [5.74, 6) is 1.64. The first kappa shape index (κ1) is 11.0. The summed E-state index contributed by atoms with van der Waals surface area (Å²) in [6.07, 6.45) is 5.91. The molecule has 0 bridgehead atoms. The van der Waals surface area contributed by atoms with E-state index in [1.165, 1.54) is 19.3 Å². The first-order valence-corrected chi connectivity index (χ1v) is 6.78. The predicted octanol–water partition coefficient (Wildman–Crippen LogP) is 3.09. The molecule has 1 saturated carbocycles. The number of nitrogens with zero attached hydrogens (tertiary/aromatic N) is 3. The van der Waals surface area contributed by atoms with Crippen LogP contribution < -0.4 is 5.32 Å². The molecule has 90 valence electrons. The Hall–Kier alpha value is -1.10. The van der Waals surface area contributed by atoms with Gasteiger partial charge in [0.1, 0.15) is 0 Å². The van der Waals surface area contributed by atoms with Gasteiger partial charge in [0, 0.05) is 16.7 Å². The van der Waals surface area contributed by atoms with E-state index in [1.54, 1.807) is 4.52 Å². The van der Waals surface area contributed by atoms with E-state index in [0.29, 0.717) is 6.04 Å². The molecule has 0 aromatic carbocycles. The lowest BCUT2D eigenvalue weighted by Gasteiger charge is -2.10. The van der Waals surface area contributed by atoms with E-state index < -0.39 is 0 Å². The Morgan fingerprint density at radius 2 is 2.35 bits per heavy atom. The van der Waals surface area contributed by atoms with E-state index in [4.69, 9.17) is 0 Å². The van der Waals surface area contributed by atoms with Gasteiger partial charge in [0.2, 0.25) is 5.95 Å². The van der Waals surface area contributed by atoms with Crippen molar-refractivity contribution in [2.24, 2.45) is 5.92 Å². The van der Waals surface area contributed by atoms with Crippen LogP contribution in [0.15, 0.2) is 22.8 Å². The first-order valence-electron chi connectivity index (χ1n) is 5.99. The molecule has 2 aromatic heterocycles. The van der Waals surface area contributed by atoms with Crippen molar-refractivity contribution in [1.29, 1.82) is 0 Å². The molecular weight excluding hydrogens is 280 g/mol. The number of aromatic nitrogens is 3. The summed E-state index contributed by atoms with van der Waals surface area (Å²) >= 11 is 3.42. The van der Waals surface area contributed by atoms with E-state index in [-0.39, 0.29) is 0 Å². The SMILES string of the molecule is CC(CC1CC1)Nc1nc2ccc(Br)cn2n1. The molecule has 2 heterocycles. The van der Waals surface area contributed by atoms with Crippen molar-refractivity contribution in [3.05, 3.63) is 22.8 Å². The molecular formula is C12H15BrN4. The highest BCUT2D eigenvalue weighted by Gasteiger charge is 2.23. The van der Waals surface area contributed by atoms with E-state index in [0.717, 1.165) is 22.0 Å². The van der Waals surface area contributed by atoms with Gasteiger partial charge in [-0.3, -0.25) is 0 Å². The van der Waals surface area contributed by atoms with Crippen molar-refractivity contribution in [3.63, 3.8) is 0 Å². The quantitative estimate of drug-likeness (QED) is 0.942. The highest BCUT2D eigenvalue weighted by molar-refractivity contribution is 9.10. The number of hydrogen-bond acceptors (Lipinski definition) is 3. The zero-order valence-corrected chi connectivity index (χ0v) is 11.3. The van der Waals surface area contributed by atoms with Crippen LogP contribution in [0.3, 0.4) is 0 Å². The third-order valence-electron chi connectivity index (χ3n) is 3.05. The molecule has 0 amide bonds. The van der Waals surface area contributed by atoms with Gasteiger partial charge >= 0.3 is 0 Å². The van der Waals surface area contributed by atoms with Gasteiger partial charge < -0.3 is 5.32 Å². The second-order valence-corrected chi connectivity index (χ2v) is 5.73. The van der Waals surface area contributed by atoms with Crippen molar-refractivity contribution >= 4 is 27.5 Å². The van der Waals surface area contributed by atoms with Crippen molar-refractivity contribution in [3.8, 4) is 0 Å². The van der Waals surface area contributed by atoms with Gasteiger partial charge in [0.25, 0.3) is 0 Å². The highest BCUT2D eigenvalue weighted by atomic mass is 79.9. The van der Waals surface area contributed by atoms with E-state index in [2.05, 4.69) is 38.3 Å². The van der Waals surface area contributed by atoms with Crippen LogP contribution in [0.2, 0.25) is 0 Å². The van der Waals surface area contributed by atoms with Crippen LogP contribution in [0.5, 0.6) is 0 Å². The van der Waals surface area contributed by atoms with Gasteiger partial charge in [-0.2, -0.15) is 4.98 Å². The van der Waals surface area contributed by atoms with Gasteiger partial charge in [-0.25, -0.2) is 4.52 Å². The lowest BCUT2D eigenvalue weighted by atomic mass is 10.2. The molecule has 1 fully saturated rings. The number of halogens is 1. The Bertz CT molecular complexity index is 532. The molecule has 0 radical (unpaired) electrons. The molecule has 1 unspecified atom stereocenters. The second-order valence-electron chi connectivity index (χ2n) is 4.81. The fraction of sp³-hybridized carbons (Fsp3) is 0.500. The maximum absolute atomic E-state index is 4.44. The molecule has 1 aliphatic carbocycles. The molecule has 2 aromatic rings. The van der Waals surface area contributed by atoms with E-state index >= 15 is 0 Å². The van der Waals surface area contributed by atoms with Crippen LogP contribution in [0, 0.1) is 5.92 Å². The third kappa shape index (κ3) is 2.60. The summed E-state index contributed by atoms with van der Waals surface area (Å²) in [7, 11) is 0. The Balaban J connectivity index is 1.75. The zero-order chi connectivity index (χ0) is 11.8. The van der Waals surface area contributed by atoms with Crippen LogP contribution in [-0.4, -0.2) is 20.6 Å². The largest absolute Gasteiger partial charge is 0.350 e. The Labute approximate surface area is 109 Å². The van der Waals surface area contributed by atoms with Crippen LogP contribution >= 0.6 is 15.9 Å². The lowest BCUT2D eigenvalue weighted by molar-refractivity contribution is 0.637. The minimum Gasteiger partial charge on any atom is -0.350 e. The van der Waals surface area contributed by atoms with E-state index in [1.807, 2.05) is 18.3 Å². The van der Waals surface area contributed by atoms with Gasteiger partial charge in [0.05, 0.1) is 0 Å². The summed E-state index contributed by atoms with van der Waals surface area (Å²) in [4.78, 5) is 4.44. The monoisotopic (exact) mass is 294 g/mol. The molecule has 17 heavy (non-hydrogen) atoms. The molecule has 1 atom stereocenters. The number of anilines is 1. The topological polar surface area (TPSA) is 42.2 Å². The molecule has 0 spiro atoms. The number of hydrogen-bond donors (Lipinski definition) is 1. The molecule has 0 aliphatic heterocycles. The standard InChI is InChI=1S/C12H15BrN4/c1-8(6-9-2-3-9)14-12-15-11-5-4-10(13)7-17(11)16-12/h4-5,7-9H,2-3,6H2,1H3,(H,14,16). The van der Waals surface area contributed by atoms with Crippen LogP contribution in [0.1, 0.15) is 26.2 Å². The summed E-state index contributed by atoms with van der Waals surface area (Å²) in [5.41, 5.74) is 0.870. The van der Waals surface area contributed by atoms with Gasteiger partial charge in [-0.1, -0.05) is 12.8 Å². The summed E-state index contributed by atoms with van der Waals surface area (Å²) in [5, 5.41) is 7.77. The van der Waals surface area contributed by atoms with Crippen LogP contribution in [0.25, 0.3) is 5.65 Å². The minimum absolute atomic E-state index is 0.448. The highest BCUT2D eigenvalue weighted by Crippen LogP contribution is 2.33. The predicted molar refractivity (Wildman–Crippen MR) is 71.1 cm³/mol. The molecule has 1 N–H and O–H groups in total. The normalized spacial score (nSPS) is 17.3. The molecule has 0 saturated heterocycles. The Kier molecular flexibility index (Phi) is 2.78. The minimum atomic E-state index is 0.448. The van der Waals surface area contributed by atoms with Crippen molar-refractivity contribution < 1.29 is 0 Å². The maximum atomic E-state index is 4.44. The van der Waals surface area contributed by atoms with E-state index in [9.17, 15) is 0 Å². The van der Waals surface area contributed by atoms with Crippen molar-refractivity contribution in [2.45, 2.75) is 32.2 Å². The summed E-state index contributed by atoms with van der Waals surface area (Å²) in [6.45, 7) is 2.19. The van der Waals surface area contributed by atoms with Gasteiger partial charge in [-0.15, -0.1) is 5.10 Å². The van der Waals surface area contributed by atoms with Gasteiger partial charge in [0.15, 0.2) is 5.65 Å². The smallest absolute Gasteiger partial charge is 0.243 e. The fourth-order valence-electron chi connectivity index (χ4n) is 2.05. The first-order chi connectivity index (χ1) is 8.20. The molecule has 1 aliphatic rings. The van der Waals surface area contributed by atoms with Gasteiger partial charge in [-0.05, 0) is 47.3 Å². The second kappa shape index (κ2) is 4.29. The Morgan fingerprint density at radius 3 is 3.12 bits per heavy atom. The average molecular weight is 295 g/mol. The molecule has 3 rings (SSSR count). The Morgan fingerprint density at radius 1 is 1.53 bits per heavy atom. The van der Waals surface area contributed by atoms with Crippen molar-refractivity contribution in [2.75, 3.05) is 5.32 Å². The number of pyridine rings is 1. The number of nitrogens with one attached hydrogen (secondary N) is 1. The molecule has 4 nitrogen and oxygen atoms in total. The zero-order valence-electron chi connectivity index (χ0n) is 9.73. The summed E-state index contributed by atoms with van der Waals surface area (Å²) in [6, 6.07) is 4.37. The van der Waals surface area contributed by atoms with Crippen LogP contribution in [-0.2, 0) is 0 Å². The summed E-state index contributed by atoms with van der Waals surface area (Å²) < 4.78 is 2.79. The number of rotatable bonds is 4. The lowest BCUT2D eigenvalue weighted by Crippen LogP contribution is -2.16. The van der Waals surface area contributed by atoms with Crippen molar-refractivity contribution in [1.82, 2.24) is 14.6 Å². The fourth-order valence-corrected chi connectivity index (χ4v) is 2.38. The third-order valence-corrected chi connectivity index (χ3v) is 3.52. The van der Waals surface area contributed by atoms with Crippen LogP contribution in [0.4, 0.5) is 5.95 Å². The number of fused-ring (bicyclic) bond motifs is 1. The maximum Gasteiger partial charge on any atom is 0.243 e.